The Morgan fingerprint density at radius 3 is 2.44 bits per heavy atom. The van der Waals surface area contributed by atoms with Crippen LogP contribution < -0.4 is 15.5 Å². The minimum Gasteiger partial charge on any atom is -0.355 e. The molecule has 1 aliphatic rings. The van der Waals surface area contributed by atoms with E-state index in [1.165, 1.54) is 6.92 Å². The summed E-state index contributed by atoms with van der Waals surface area (Å²) in [5.74, 6) is 0.737. The van der Waals surface area contributed by atoms with Crippen molar-refractivity contribution >= 4 is 23.3 Å². The first-order chi connectivity index (χ1) is 15.5. The van der Waals surface area contributed by atoms with Gasteiger partial charge < -0.3 is 15.5 Å². The molecule has 4 rings (SSSR count). The first-order valence-corrected chi connectivity index (χ1v) is 10.9. The molecule has 3 heterocycles. The van der Waals surface area contributed by atoms with Crippen LogP contribution in [0, 0.1) is 12.8 Å². The van der Waals surface area contributed by atoms with Gasteiger partial charge in [-0.1, -0.05) is 24.3 Å². The smallest absolute Gasteiger partial charge is 0.223 e. The summed E-state index contributed by atoms with van der Waals surface area (Å²) in [4.78, 5) is 31.0. The number of carbonyl (C=O) groups is 2. The van der Waals surface area contributed by atoms with Gasteiger partial charge in [0.05, 0.1) is 23.6 Å². The largest absolute Gasteiger partial charge is 0.355 e. The molecule has 2 aromatic heterocycles. The second-order valence-electron chi connectivity index (χ2n) is 8.01. The van der Waals surface area contributed by atoms with Crippen molar-refractivity contribution in [1.82, 2.24) is 20.1 Å². The fourth-order valence-corrected chi connectivity index (χ4v) is 4.06. The Labute approximate surface area is 187 Å². The van der Waals surface area contributed by atoms with Crippen LogP contribution in [0.5, 0.6) is 0 Å². The van der Waals surface area contributed by atoms with Crippen LogP contribution in [-0.2, 0) is 16.1 Å². The number of amides is 2. The Morgan fingerprint density at radius 1 is 1.06 bits per heavy atom. The summed E-state index contributed by atoms with van der Waals surface area (Å²) in [6.07, 6.45) is 3.18. The van der Waals surface area contributed by atoms with Crippen LogP contribution in [0.2, 0.25) is 0 Å². The third-order valence-electron chi connectivity index (χ3n) is 5.67. The van der Waals surface area contributed by atoms with Crippen LogP contribution in [-0.4, -0.2) is 39.7 Å². The van der Waals surface area contributed by atoms with E-state index in [-0.39, 0.29) is 17.7 Å². The summed E-state index contributed by atoms with van der Waals surface area (Å²) >= 11 is 0. The number of para-hydroxylation sites is 1. The predicted octanol–water partition coefficient (Wildman–Crippen LogP) is 3.07. The second kappa shape index (κ2) is 9.64. The van der Waals surface area contributed by atoms with E-state index in [1.807, 2.05) is 60.1 Å². The predicted molar refractivity (Wildman–Crippen MR) is 124 cm³/mol. The zero-order valence-corrected chi connectivity index (χ0v) is 18.4. The molecule has 0 saturated carbocycles. The van der Waals surface area contributed by atoms with Gasteiger partial charge in [0.25, 0.3) is 0 Å². The molecule has 1 saturated heterocycles. The lowest BCUT2D eigenvalue weighted by molar-refractivity contribution is -0.125. The lowest BCUT2D eigenvalue weighted by Gasteiger charge is -2.33. The molecule has 0 unspecified atom stereocenters. The number of piperidine rings is 1. The molecular weight excluding hydrogens is 404 g/mol. The number of hydrogen-bond acceptors (Lipinski definition) is 5. The first-order valence-electron chi connectivity index (χ1n) is 10.9. The van der Waals surface area contributed by atoms with Gasteiger partial charge in [0, 0.05) is 32.1 Å². The molecule has 2 amide bonds. The van der Waals surface area contributed by atoms with E-state index in [1.54, 1.807) is 6.20 Å². The van der Waals surface area contributed by atoms with Gasteiger partial charge in [-0.15, -0.1) is 0 Å². The molecule has 32 heavy (non-hydrogen) atoms. The van der Waals surface area contributed by atoms with E-state index in [4.69, 9.17) is 5.10 Å². The number of rotatable bonds is 6. The molecule has 0 atom stereocenters. The van der Waals surface area contributed by atoms with E-state index >= 15 is 0 Å². The highest BCUT2D eigenvalue weighted by Crippen LogP contribution is 2.34. The Hall–Kier alpha value is -3.68. The molecule has 8 nitrogen and oxygen atoms in total. The van der Waals surface area contributed by atoms with Gasteiger partial charge >= 0.3 is 0 Å². The van der Waals surface area contributed by atoms with Crippen molar-refractivity contribution in [3.05, 3.63) is 66.1 Å². The summed E-state index contributed by atoms with van der Waals surface area (Å²) < 4.78 is 1.88. The number of nitrogens with one attached hydrogen (secondary N) is 2. The average Bonchev–Trinajstić information content (AvgIpc) is 3.14. The van der Waals surface area contributed by atoms with Crippen LogP contribution >= 0.6 is 0 Å². The maximum atomic E-state index is 12.7. The number of aryl methyl sites for hydroxylation is 1. The maximum absolute atomic E-state index is 12.7. The Balaban J connectivity index is 1.49. The van der Waals surface area contributed by atoms with Gasteiger partial charge in [-0.05, 0) is 44.0 Å². The number of pyridine rings is 1. The Bertz CT molecular complexity index is 1070. The fraction of sp³-hybridized carbons (Fsp3) is 0.333. The van der Waals surface area contributed by atoms with E-state index in [0.717, 1.165) is 41.4 Å². The third kappa shape index (κ3) is 4.80. The summed E-state index contributed by atoms with van der Waals surface area (Å²) in [5.41, 5.74) is 3.26. The number of carbonyl (C=O) groups excluding carboxylic acids is 2. The lowest BCUT2D eigenvalue weighted by atomic mass is 9.95. The number of nitrogens with zero attached hydrogens (tertiary/aromatic N) is 4. The van der Waals surface area contributed by atoms with Crippen LogP contribution in [0.25, 0.3) is 5.69 Å². The molecule has 1 aliphatic heterocycles. The Kier molecular flexibility index (Phi) is 6.49. The normalized spacial score (nSPS) is 14.2. The highest BCUT2D eigenvalue weighted by atomic mass is 16.2. The molecule has 3 aromatic rings. The van der Waals surface area contributed by atoms with Gasteiger partial charge in [0.2, 0.25) is 11.8 Å². The van der Waals surface area contributed by atoms with Crippen molar-refractivity contribution in [3.8, 4) is 5.69 Å². The summed E-state index contributed by atoms with van der Waals surface area (Å²) in [5, 5.41) is 10.7. The highest BCUT2D eigenvalue weighted by molar-refractivity contribution is 5.93. The fourth-order valence-electron chi connectivity index (χ4n) is 4.06. The minimum absolute atomic E-state index is 0.0478. The second-order valence-corrected chi connectivity index (χ2v) is 8.01. The van der Waals surface area contributed by atoms with Gasteiger partial charge in [-0.3, -0.25) is 14.6 Å². The molecule has 1 aromatic carbocycles. The molecule has 2 N–H and O–H groups in total. The number of benzene rings is 1. The lowest BCUT2D eigenvalue weighted by Crippen LogP contribution is -2.41. The SMILES string of the molecule is CC(=O)Nc1c(C)nn(-c2ccccc2)c1N1CCC(C(=O)NCc2ccccn2)CC1. The zero-order valence-electron chi connectivity index (χ0n) is 18.4. The van der Waals surface area contributed by atoms with Crippen LogP contribution in [0.1, 0.15) is 31.2 Å². The van der Waals surface area contributed by atoms with Gasteiger partial charge in [-0.2, -0.15) is 5.10 Å². The zero-order chi connectivity index (χ0) is 22.5. The van der Waals surface area contributed by atoms with Gasteiger partial charge in [0.1, 0.15) is 5.69 Å². The maximum Gasteiger partial charge on any atom is 0.223 e. The van der Waals surface area contributed by atoms with Crippen LogP contribution in [0.4, 0.5) is 11.5 Å². The van der Waals surface area contributed by atoms with Crippen molar-refractivity contribution in [1.29, 1.82) is 0 Å². The van der Waals surface area contributed by atoms with E-state index < -0.39 is 0 Å². The van der Waals surface area contributed by atoms with Gasteiger partial charge in [-0.25, -0.2) is 4.68 Å². The molecular formula is C24H28N6O2. The standard InChI is InChI=1S/C24H28N6O2/c1-17-22(27-18(2)31)24(30(28-17)21-9-4-3-5-10-21)29-14-11-19(12-15-29)23(32)26-16-20-8-6-7-13-25-20/h3-10,13,19H,11-12,14-16H2,1-2H3,(H,26,32)(H,27,31). The van der Waals surface area contributed by atoms with Crippen LogP contribution in [0.3, 0.4) is 0 Å². The average molecular weight is 433 g/mol. The van der Waals surface area contributed by atoms with Gasteiger partial charge in [0.15, 0.2) is 5.82 Å². The van der Waals surface area contributed by atoms with Crippen LogP contribution in [0.15, 0.2) is 54.7 Å². The topological polar surface area (TPSA) is 92.2 Å². The molecule has 0 spiro atoms. The molecule has 0 radical (unpaired) electrons. The molecule has 8 heteroatoms. The van der Waals surface area contributed by atoms with Crippen molar-refractivity contribution in [3.63, 3.8) is 0 Å². The van der Waals surface area contributed by atoms with E-state index in [2.05, 4.69) is 20.5 Å². The number of aromatic nitrogens is 3. The molecule has 166 valence electrons. The van der Waals surface area contributed by atoms with E-state index in [0.29, 0.717) is 19.6 Å². The monoisotopic (exact) mass is 432 g/mol. The quantitative estimate of drug-likeness (QED) is 0.625. The number of anilines is 2. The van der Waals surface area contributed by atoms with E-state index in [9.17, 15) is 9.59 Å². The Morgan fingerprint density at radius 2 is 1.78 bits per heavy atom. The van der Waals surface area contributed by atoms with Crippen molar-refractivity contribution in [2.75, 3.05) is 23.3 Å². The molecule has 0 bridgehead atoms. The molecule has 0 aliphatic carbocycles. The van der Waals surface area contributed by atoms with Crippen molar-refractivity contribution < 1.29 is 9.59 Å². The minimum atomic E-state index is -0.134. The summed E-state index contributed by atoms with van der Waals surface area (Å²) in [6.45, 7) is 5.23. The number of hydrogen-bond donors (Lipinski definition) is 2. The van der Waals surface area contributed by atoms with Crippen molar-refractivity contribution in [2.45, 2.75) is 33.2 Å². The summed E-state index contributed by atoms with van der Waals surface area (Å²) in [7, 11) is 0. The van der Waals surface area contributed by atoms with Crippen molar-refractivity contribution in [2.24, 2.45) is 5.92 Å². The molecule has 1 fully saturated rings. The third-order valence-corrected chi connectivity index (χ3v) is 5.67. The highest BCUT2D eigenvalue weighted by Gasteiger charge is 2.29. The first kappa shape index (κ1) is 21.5. The summed E-state index contributed by atoms with van der Waals surface area (Å²) in [6, 6.07) is 15.5.